The summed E-state index contributed by atoms with van der Waals surface area (Å²) in [6.07, 6.45) is 1.82. The van der Waals surface area contributed by atoms with Crippen LogP contribution in [0.4, 0.5) is 0 Å². The van der Waals surface area contributed by atoms with Crippen molar-refractivity contribution in [3.63, 3.8) is 0 Å². The molecule has 17 heavy (non-hydrogen) atoms. The molecular formula is C14H21NO2. The standard InChI is InChI=1S/C14H21NO2/c1-11(15)10-13-8-6-12(7-9-13)4-2-3-5-14(16)17/h6-9,11H,2-5,10,15H2,1H3,(H,16,17)/i5D. The number of benzene rings is 1. The average Bonchev–Trinajstić information content (AvgIpc) is 2.30. The topological polar surface area (TPSA) is 63.3 Å². The van der Waals surface area contributed by atoms with Crippen LogP contribution < -0.4 is 5.73 Å². The molecule has 94 valence electrons. The van der Waals surface area contributed by atoms with Crippen molar-refractivity contribution in [1.82, 2.24) is 0 Å². The van der Waals surface area contributed by atoms with Gasteiger partial charge in [0.25, 0.3) is 0 Å². The summed E-state index contributed by atoms with van der Waals surface area (Å²) in [5, 5.41) is 8.60. The highest BCUT2D eigenvalue weighted by Crippen LogP contribution is 2.10. The molecule has 3 nitrogen and oxygen atoms in total. The molecular weight excluding hydrogens is 214 g/mol. The highest BCUT2D eigenvalue weighted by molar-refractivity contribution is 5.66. The van der Waals surface area contributed by atoms with Gasteiger partial charge in [0.05, 0.1) is 0 Å². The molecule has 2 atom stereocenters. The fourth-order valence-electron chi connectivity index (χ4n) is 1.75. The third kappa shape index (κ3) is 6.07. The first-order chi connectivity index (χ1) is 8.49. The highest BCUT2D eigenvalue weighted by Gasteiger charge is 2.00. The van der Waals surface area contributed by atoms with Crippen molar-refractivity contribution in [2.75, 3.05) is 0 Å². The number of hydrogen-bond donors (Lipinski definition) is 2. The Morgan fingerprint density at radius 2 is 1.94 bits per heavy atom. The van der Waals surface area contributed by atoms with Gasteiger partial charge in [0.1, 0.15) is 0 Å². The van der Waals surface area contributed by atoms with Crippen molar-refractivity contribution in [1.29, 1.82) is 0 Å². The molecule has 1 aromatic carbocycles. The van der Waals surface area contributed by atoms with Crippen LogP contribution in [0, 0.1) is 0 Å². The first kappa shape index (κ1) is 12.1. The minimum Gasteiger partial charge on any atom is -0.481 e. The molecule has 0 heterocycles. The Morgan fingerprint density at radius 3 is 2.47 bits per heavy atom. The SMILES string of the molecule is [2H]C(CCCc1ccc(CC(C)N)cc1)C(=O)O. The van der Waals surface area contributed by atoms with E-state index >= 15 is 0 Å². The maximum absolute atomic E-state index is 10.5. The summed E-state index contributed by atoms with van der Waals surface area (Å²) < 4.78 is 7.29. The number of aliphatic carboxylic acids is 1. The summed E-state index contributed by atoms with van der Waals surface area (Å²) in [5.74, 6) is -1.04. The molecule has 2 unspecified atom stereocenters. The molecule has 0 spiro atoms. The molecule has 0 bridgehead atoms. The molecule has 0 aliphatic carbocycles. The van der Waals surface area contributed by atoms with E-state index in [0.717, 1.165) is 19.3 Å². The zero-order chi connectivity index (χ0) is 13.5. The lowest BCUT2D eigenvalue weighted by molar-refractivity contribution is -0.137. The fraction of sp³-hybridized carbons (Fsp3) is 0.500. The summed E-state index contributed by atoms with van der Waals surface area (Å²) in [6.45, 7) is 1.98. The summed E-state index contributed by atoms with van der Waals surface area (Å²) in [6, 6.07) is 8.40. The van der Waals surface area contributed by atoms with Crippen LogP contribution in [0.2, 0.25) is 0 Å². The van der Waals surface area contributed by atoms with Crippen LogP contribution in [0.15, 0.2) is 24.3 Å². The Hall–Kier alpha value is -1.35. The fourth-order valence-corrected chi connectivity index (χ4v) is 1.75. The Balaban J connectivity index is 2.37. The van der Waals surface area contributed by atoms with E-state index < -0.39 is 12.4 Å². The molecule has 0 amide bonds. The predicted octanol–water partition coefficient (Wildman–Crippen LogP) is 2.37. The highest BCUT2D eigenvalue weighted by atomic mass is 16.4. The molecule has 1 aromatic rings. The van der Waals surface area contributed by atoms with Crippen LogP contribution in [0.1, 0.15) is 38.7 Å². The van der Waals surface area contributed by atoms with Crippen molar-refractivity contribution in [2.45, 2.75) is 45.0 Å². The van der Waals surface area contributed by atoms with Crippen LogP contribution >= 0.6 is 0 Å². The maximum atomic E-state index is 10.5. The van der Waals surface area contributed by atoms with Gasteiger partial charge in [0, 0.05) is 13.8 Å². The van der Waals surface area contributed by atoms with Gasteiger partial charge in [-0.3, -0.25) is 4.79 Å². The normalized spacial score (nSPS) is 15.1. The van der Waals surface area contributed by atoms with Crippen LogP contribution in [0.5, 0.6) is 0 Å². The largest absolute Gasteiger partial charge is 0.481 e. The van der Waals surface area contributed by atoms with Gasteiger partial charge in [-0.2, -0.15) is 0 Å². The second-order valence-corrected chi connectivity index (χ2v) is 4.43. The van der Waals surface area contributed by atoms with Crippen molar-refractivity contribution >= 4 is 5.97 Å². The second-order valence-electron chi connectivity index (χ2n) is 4.43. The molecule has 0 fully saturated rings. The molecule has 1 rings (SSSR count). The lowest BCUT2D eigenvalue weighted by Gasteiger charge is -2.06. The zero-order valence-electron chi connectivity index (χ0n) is 11.2. The molecule has 3 heteroatoms. The number of rotatable bonds is 7. The van der Waals surface area contributed by atoms with Crippen LogP contribution in [-0.4, -0.2) is 17.1 Å². The monoisotopic (exact) mass is 236 g/mol. The van der Waals surface area contributed by atoms with Crippen LogP contribution in [0.3, 0.4) is 0 Å². The van der Waals surface area contributed by atoms with Gasteiger partial charge < -0.3 is 10.8 Å². The van der Waals surface area contributed by atoms with E-state index in [1.54, 1.807) is 0 Å². The number of carboxylic acids is 1. The first-order valence-electron chi connectivity index (χ1n) is 6.55. The van der Waals surface area contributed by atoms with Crippen LogP contribution in [-0.2, 0) is 17.6 Å². The van der Waals surface area contributed by atoms with Gasteiger partial charge in [-0.05, 0) is 43.7 Å². The molecule has 3 N–H and O–H groups in total. The molecule has 0 radical (unpaired) electrons. The number of hydrogen-bond acceptors (Lipinski definition) is 2. The Labute approximate surface area is 104 Å². The quantitative estimate of drug-likeness (QED) is 0.764. The number of nitrogens with two attached hydrogens (primary N) is 1. The molecule has 0 saturated carbocycles. The third-order valence-corrected chi connectivity index (χ3v) is 2.57. The predicted molar refractivity (Wildman–Crippen MR) is 69.0 cm³/mol. The Morgan fingerprint density at radius 1 is 1.35 bits per heavy atom. The minimum absolute atomic E-state index is 0.162. The summed E-state index contributed by atoms with van der Waals surface area (Å²) in [4.78, 5) is 10.5. The Kier molecular flexibility index (Phi) is 5.04. The van der Waals surface area contributed by atoms with Crippen LogP contribution in [0.25, 0.3) is 0 Å². The molecule has 0 saturated heterocycles. The molecule has 0 aliphatic heterocycles. The number of aryl methyl sites for hydroxylation is 1. The van der Waals surface area contributed by atoms with Crippen molar-refractivity contribution < 1.29 is 11.3 Å². The van der Waals surface area contributed by atoms with Gasteiger partial charge in [-0.15, -0.1) is 0 Å². The van der Waals surface area contributed by atoms with E-state index in [9.17, 15) is 4.79 Å². The van der Waals surface area contributed by atoms with E-state index in [1.165, 1.54) is 11.1 Å². The lowest BCUT2D eigenvalue weighted by atomic mass is 10.0. The van der Waals surface area contributed by atoms with E-state index in [2.05, 4.69) is 24.3 Å². The summed E-state index contributed by atoms with van der Waals surface area (Å²) >= 11 is 0. The van der Waals surface area contributed by atoms with Gasteiger partial charge in [-0.25, -0.2) is 0 Å². The minimum atomic E-state index is -1.04. The summed E-state index contributed by atoms with van der Waals surface area (Å²) in [7, 11) is 0. The van der Waals surface area contributed by atoms with Gasteiger partial charge in [-0.1, -0.05) is 24.3 Å². The van der Waals surface area contributed by atoms with Gasteiger partial charge in [0.15, 0.2) is 0 Å². The van der Waals surface area contributed by atoms with E-state index in [4.69, 9.17) is 12.2 Å². The average molecular weight is 236 g/mol. The van der Waals surface area contributed by atoms with Crippen molar-refractivity contribution in [3.05, 3.63) is 35.4 Å². The lowest BCUT2D eigenvalue weighted by Crippen LogP contribution is -2.17. The second kappa shape index (κ2) is 7.07. The van der Waals surface area contributed by atoms with E-state index in [-0.39, 0.29) is 6.04 Å². The van der Waals surface area contributed by atoms with Gasteiger partial charge in [0.2, 0.25) is 0 Å². The van der Waals surface area contributed by atoms with E-state index in [0.29, 0.717) is 6.42 Å². The molecule has 0 aromatic heterocycles. The third-order valence-electron chi connectivity index (χ3n) is 2.57. The van der Waals surface area contributed by atoms with Gasteiger partial charge >= 0.3 is 5.97 Å². The molecule has 0 aliphatic rings. The zero-order valence-corrected chi connectivity index (χ0v) is 10.2. The number of carboxylic acid groups (broad SMARTS) is 1. The Bertz CT molecular complexity index is 376. The first-order valence-corrected chi connectivity index (χ1v) is 5.97. The van der Waals surface area contributed by atoms with E-state index in [1.807, 2.05) is 6.92 Å². The summed E-state index contributed by atoms with van der Waals surface area (Å²) in [5.41, 5.74) is 8.13. The van der Waals surface area contributed by atoms with Crippen molar-refractivity contribution in [2.24, 2.45) is 5.73 Å². The smallest absolute Gasteiger partial charge is 0.303 e. The maximum Gasteiger partial charge on any atom is 0.303 e. The van der Waals surface area contributed by atoms with Crippen molar-refractivity contribution in [3.8, 4) is 0 Å². The number of carbonyl (C=O) groups is 1.